The van der Waals surface area contributed by atoms with E-state index in [1.807, 2.05) is 19.3 Å². The third-order valence-electron chi connectivity index (χ3n) is 6.52. The molecule has 1 saturated heterocycles. The third kappa shape index (κ3) is 3.91. The van der Waals surface area contributed by atoms with E-state index in [0.29, 0.717) is 18.7 Å². The van der Waals surface area contributed by atoms with Crippen LogP contribution in [0.3, 0.4) is 0 Å². The van der Waals surface area contributed by atoms with Crippen LogP contribution in [0.5, 0.6) is 0 Å². The third-order valence-corrected chi connectivity index (χ3v) is 8.00. The summed E-state index contributed by atoms with van der Waals surface area (Å²) < 4.78 is 27.9. The molecule has 0 radical (unpaired) electrons. The molecule has 3 aromatic heterocycles. The van der Waals surface area contributed by atoms with E-state index < -0.39 is 22.2 Å². The Morgan fingerprint density at radius 2 is 2.06 bits per heavy atom. The average Bonchev–Trinajstić information content (AvgIpc) is 3.54. The first kappa shape index (κ1) is 21.1. The van der Waals surface area contributed by atoms with E-state index in [2.05, 4.69) is 34.5 Å². The summed E-state index contributed by atoms with van der Waals surface area (Å²) in [4.78, 5) is 20.7. The predicted octanol–water partition coefficient (Wildman–Crippen LogP) is 1.26. The molecule has 5 rings (SSSR count). The zero-order chi connectivity index (χ0) is 22.3. The number of nitrogens with one attached hydrogen (secondary N) is 2. The fourth-order valence-electron chi connectivity index (χ4n) is 4.63. The maximum atomic E-state index is 12.7. The van der Waals surface area contributed by atoms with Crippen LogP contribution in [0.25, 0.3) is 11.0 Å². The molecular formula is C21H27N7O3S. The first-order valence-electron chi connectivity index (χ1n) is 10.8. The number of rotatable bonds is 6. The second kappa shape index (κ2) is 8.30. The highest BCUT2D eigenvalue weighted by Gasteiger charge is 2.31. The summed E-state index contributed by atoms with van der Waals surface area (Å²) in [5.74, 6) is 1.63. The van der Waals surface area contributed by atoms with Crippen LogP contribution in [0, 0.1) is 0 Å². The molecule has 0 unspecified atom stereocenters. The average molecular weight is 458 g/mol. The van der Waals surface area contributed by atoms with Gasteiger partial charge in [-0.25, -0.2) is 28.1 Å². The number of aromatic amines is 1. The van der Waals surface area contributed by atoms with Gasteiger partial charge in [0.15, 0.2) is 0 Å². The van der Waals surface area contributed by atoms with Gasteiger partial charge < -0.3 is 19.9 Å². The molecule has 0 amide bonds. The molecule has 2 fully saturated rings. The van der Waals surface area contributed by atoms with E-state index in [4.69, 9.17) is 0 Å². The highest BCUT2D eigenvalue weighted by Crippen LogP contribution is 2.28. The van der Waals surface area contributed by atoms with Crippen LogP contribution >= 0.6 is 0 Å². The molecule has 1 saturated carbocycles. The van der Waals surface area contributed by atoms with Crippen LogP contribution in [0.1, 0.15) is 25.7 Å². The highest BCUT2D eigenvalue weighted by molar-refractivity contribution is 7.89. The Balaban J connectivity index is 1.27. The lowest BCUT2D eigenvalue weighted by Crippen LogP contribution is -2.39. The van der Waals surface area contributed by atoms with Crippen molar-refractivity contribution in [3.05, 3.63) is 36.9 Å². The van der Waals surface area contributed by atoms with Gasteiger partial charge in [-0.1, -0.05) is 0 Å². The van der Waals surface area contributed by atoms with Crippen LogP contribution in [-0.2, 0) is 10.0 Å². The predicted molar refractivity (Wildman–Crippen MR) is 121 cm³/mol. The number of aliphatic hydroxyl groups excluding tert-OH is 1. The number of pyridine rings is 1. The standard InChI is InChI=1S/C21H27N7O3S/c1-27(14-8-10-28(12-14)21-16-7-9-22-20(16)24-13-25-21)19-6-5-15(11-23-19)32(30,31)26-17-3-2-4-18(17)29/h5-7,9,11,13-14,17-18,26,29H,2-4,8,10,12H2,1H3,(H,22,24,25)/t14-,17-,18+/m1/s1. The van der Waals surface area contributed by atoms with Crippen molar-refractivity contribution in [3.63, 3.8) is 0 Å². The molecule has 0 aromatic carbocycles. The molecule has 11 heteroatoms. The van der Waals surface area contributed by atoms with Crippen molar-refractivity contribution in [3.8, 4) is 0 Å². The van der Waals surface area contributed by atoms with Gasteiger partial charge in [0.1, 0.15) is 28.5 Å². The summed E-state index contributed by atoms with van der Waals surface area (Å²) in [6.07, 6.45) is 7.22. The van der Waals surface area contributed by atoms with E-state index in [-0.39, 0.29) is 10.9 Å². The highest BCUT2D eigenvalue weighted by atomic mass is 32.2. The van der Waals surface area contributed by atoms with Crippen LogP contribution in [0.4, 0.5) is 11.6 Å². The van der Waals surface area contributed by atoms with Gasteiger partial charge in [-0.15, -0.1) is 0 Å². The zero-order valence-electron chi connectivity index (χ0n) is 17.8. The first-order valence-corrected chi connectivity index (χ1v) is 12.3. The number of H-pyrrole nitrogens is 1. The molecular weight excluding hydrogens is 430 g/mol. The van der Waals surface area contributed by atoms with E-state index in [1.165, 1.54) is 6.20 Å². The van der Waals surface area contributed by atoms with Crippen molar-refractivity contribution in [2.75, 3.05) is 29.9 Å². The van der Waals surface area contributed by atoms with Gasteiger partial charge in [-0.3, -0.25) is 0 Å². The van der Waals surface area contributed by atoms with E-state index in [1.54, 1.807) is 18.5 Å². The normalized spacial score (nSPS) is 23.8. The van der Waals surface area contributed by atoms with Crippen molar-refractivity contribution < 1.29 is 13.5 Å². The molecule has 3 aromatic rings. The van der Waals surface area contributed by atoms with Gasteiger partial charge in [0.25, 0.3) is 0 Å². The van der Waals surface area contributed by atoms with Gasteiger partial charge in [-0.05, 0) is 43.9 Å². The van der Waals surface area contributed by atoms with Crippen molar-refractivity contribution in [1.82, 2.24) is 24.7 Å². The molecule has 4 heterocycles. The SMILES string of the molecule is CN(c1ccc(S(=O)(=O)N[C@@H]2CCC[C@@H]2O)cn1)[C@@H]1CCN(c2ncnc3[nH]ccc23)C1. The monoisotopic (exact) mass is 457 g/mol. The smallest absolute Gasteiger partial charge is 0.242 e. The second-order valence-electron chi connectivity index (χ2n) is 8.51. The first-order chi connectivity index (χ1) is 15.4. The van der Waals surface area contributed by atoms with Gasteiger partial charge >= 0.3 is 0 Å². The van der Waals surface area contributed by atoms with Gasteiger partial charge in [0, 0.05) is 44.6 Å². The van der Waals surface area contributed by atoms with Crippen molar-refractivity contribution in [1.29, 1.82) is 0 Å². The fraction of sp³-hybridized carbons (Fsp3) is 0.476. The van der Waals surface area contributed by atoms with Crippen molar-refractivity contribution in [2.24, 2.45) is 0 Å². The van der Waals surface area contributed by atoms with Gasteiger partial charge in [0.05, 0.1) is 11.5 Å². The van der Waals surface area contributed by atoms with Crippen molar-refractivity contribution in [2.45, 2.75) is 48.8 Å². The maximum absolute atomic E-state index is 12.7. The Kier molecular flexibility index (Phi) is 5.48. The number of nitrogens with zero attached hydrogens (tertiary/aromatic N) is 5. The van der Waals surface area contributed by atoms with Crippen molar-refractivity contribution >= 4 is 32.7 Å². The minimum Gasteiger partial charge on any atom is -0.391 e. The Hall–Kier alpha value is -2.76. The zero-order valence-corrected chi connectivity index (χ0v) is 18.7. The fourth-order valence-corrected chi connectivity index (χ4v) is 5.88. The molecule has 32 heavy (non-hydrogen) atoms. The van der Waals surface area contributed by atoms with E-state index in [9.17, 15) is 13.5 Å². The molecule has 0 spiro atoms. The summed E-state index contributed by atoms with van der Waals surface area (Å²) in [6, 6.07) is 5.09. The topological polar surface area (TPSA) is 127 Å². The van der Waals surface area contributed by atoms with Crippen LogP contribution in [0.2, 0.25) is 0 Å². The minimum atomic E-state index is -3.71. The molecule has 10 nitrogen and oxygen atoms in total. The van der Waals surface area contributed by atoms with Crippen LogP contribution in [0.15, 0.2) is 41.8 Å². The molecule has 2 aliphatic rings. The van der Waals surface area contributed by atoms with Crippen LogP contribution in [-0.4, -0.2) is 71.8 Å². The Labute approximate surface area is 186 Å². The molecule has 3 N–H and O–H groups in total. The Morgan fingerprint density at radius 3 is 2.81 bits per heavy atom. The lowest BCUT2D eigenvalue weighted by molar-refractivity contribution is 0.159. The molecule has 0 bridgehead atoms. The summed E-state index contributed by atoms with van der Waals surface area (Å²) in [6.45, 7) is 1.66. The number of aromatic nitrogens is 4. The number of fused-ring (bicyclic) bond motifs is 1. The molecule has 170 valence electrons. The number of hydrogen-bond donors (Lipinski definition) is 3. The molecule has 1 aliphatic carbocycles. The van der Waals surface area contributed by atoms with E-state index in [0.717, 1.165) is 42.8 Å². The van der Waals surface area contributed by atoms with Gasteiger partial charge in [0.2, 0.25) is 10.0 Å². The van der Waals surface area contributed by atoms with Gasteiger partial charge in [-0.2, -0.15) is 0 Å². The number of sulfonamides is 1. The largest absolute Gasteiger partial charge is 0.391 e. The summed E-state index contributed by atoms with van der Waals surface area (Å²) in [5, 5.41) is 10.9. The maximum Gasteiger partial charge on any atom is 0.242 e. The number of likely N-dealkylation sites (N-methyl/N-ethyl adjacent to an activating group) is 1. The number of hydrogen-bond acceptors (Lipinski definition) is 8. The number of aliphatic hydroxyl groups is 1. The minimum absolute atomic E-state index is 0.109. The lowest BCUT2D eigenvalue weighted by atomic mass is 10.2. The summed E-state index contributed by atoms with van der Waals surface area (Å²) >= 11 is 0. The van der Waals surface area contributed by atoms with E-state index >= 15 is 0 Å². The summed E-state index contributed by atoms with van der Waals surface area (Å²) in [7, 11) is -1.74. The second-order valence-corrected chi connectivity index (χ2v) is 10.2. The quantitative estimate of drug-likeness (QED) is 0.505. The number of anilines is 2. The lowest BCUT2D eigenvalue weighted by Gasteiger charge is -2.26. The Morgan fingerprint density at radius 1 is 1.19 bits per heavy atom. The van der Waals surface area contributed by atoms with Crippen LogP contribution < -0.4 is 14.5 Å². The summed E-state index contributed by atoms with van der Waals surface area (Å²) in [5.41, 5.74) is 0.823. The molecule has 1 aliphatic heterocycles. The molecule has 3 atom stereocenters. The Bertz CT molecular complexity index is 1200.